The van der Waals surface area contributed by atoms with Gasteiger partial charge in [-0.05, 0) is 12.5 Å². The summed E-state index contributed by atoms with van der Waals surface area (Å²) in [7, 11) is 0. The van der Waals surface area contributed by atoms with Gasteiger partial charge in [0.25, 0.3) is 0 Å². The van der Waals surface area contributed by atoms with E-state index in [4.69, 9.17) is 9.84 Å². The number of carboxylic acid groups (broad SMARTS) is 2. The monoisotopic (exact) mass is 280 g/mol. The molecule has 2 unspecified atom stereocenters. The minimum Gasteiger partial charge on any atom is -0.481 e. The van der Waals surface area contributed by atoms with Crippen LogP contribution in [0.3, 0.4) is 0 Å². The van der Waals surface area contributed by atoms with E-state index in [-0.39, 0.29) is 13.0 Å². The third-order valence-electron chi connectivity index (χ3n) is 3.38. The molecule has 0 aliphatic heterocycles. The molecule has 0 saturated heterocycles. The van der Waals surface area contributed by atoms with E-state index >= 15 is 0 Å². The van der Waals surface area contributed by atoms with Crippen LogP contribution < -0.4 is 0 Å². The second kappa shape index (κ2) is 6.18. The maximum atomic E-state index is 11.5. The first-order valence-electron chi connectivity index (χ1n) is 5.97. The molecule has 0 spiro atoms. The minimum absolute atomic E-state index is 0.0280. The predicted molar refractivity (Wildman–Crippen MR) is 69.9 cm³/mol. The molecule has 0 radical (unpaired) electrons. The van der Waals surface area contributed by atoms with E-state index in [1.54, 1.807) is 6.08 Å². The van der Waals surface area contributed by atoms with E-state index in [2.05, 4.69) is 6.58 Å². The van der Waals surface area contributed by atoms with Crippen molar-refractivity contribution in [1.29, 1.82) is 0 Å². The third kappa shape index (κ3) is 2.96. The number of allylic oxidation sites excluding steroid dienone is 2. The average Bonchev–Trinajstić information content (AvgIpc) is 2.39. The smallest absolute Gasteiger partial charge is 0.330 e. The SMILES string of the molecule is C=CC(=O)OCCC1=CC=CC(C(=O)O)C1(C)C(=O)O. The van der Waals surface area contributed by atoms with Gasteiger partial charge in [0.2, 0.25) is 0 Å². The van der Waals surface area contributed by atoms with Crippen molar-refractivity contribution in [3.63, 3.8) is 0 Å². The van der Waals surface area contributed by atoms with E-state index in [0.29, 0.717) is 5.57 Å². The Bertz CT molecular complexity index is 502. The standard InChI is InChI=1S/C14H16O6/c1-3-11(15)20-8-7-9-5-4-6-10(12(16)17)14(9,2)13(18)19/h3-6,10H,1,7-8H2,2H3,(H,16,17)(H,18,19). The lowest BCUT2D eigenvalue weighted by atomic mass is 9.68. The van der Waals surface area contributed by atoms with Crippen LogP contribution in [0.1, 0.15) is 13.3 Å². The van der Waals surface area contributed by atoms with Crippen LogP contribution in [-0.4, -0.2) is 34.7 Å². The third-order valence-corrected chi connectivity index (χ3v) is 3.38. The zero-order chi connectivity index (χ0) is 15.3. The Kier molecular flexibility index (Phi) is 4.85. The normalized spacial score (nSPS) is 24.6. The number of aliphatic carboxylic acids is 2. The number of rotatable bonds is 6. The molecule has 1 rings (SSSR count). The summed E-state index contributed by atoms with van der Waals surface area (Å²) in [6.45, 7) is 4.58. The molecule has 1 aliphatic rings. The molecule has 0 aromatic rings. The number of ether oxygens (including phenoxy) is 1. The molecule has 6 heteroatoms. The maximum absolute atomic E-state index is 11.5. The highest BCUT2D eigenvalue weighted by Gasteiger charge is 2.48. The Morgan fingerprint density at radius 1 is 1.45 bits per heavy atom. The quantitative estimate of drug-likeness (QED) is 0.563. The minimum atomic E-state index is -1.55. The Balaban J connectivity index is 2.92. The molecule has 108 valence electrons. The molecule has 0 aromatic carbocycles. The number of carbonyl (C=O) groups excluding carboxylic acids is 1. The molecule has 2 N–H and O–H groups in total. The molecule has 6 nitrogen and oxygen atoms in total. The highest BCUT2D eigenvalue weighted by Crippen LogP contribution is 2.41. The molecule has 0 amide bonds. The summed E-state index contributed by atoms with van der Waals surface area (Å²) in [5, 5.41) is 18.5. The fourth-order valence-corrected chi connectivity index (χ4v) is 2.11. The van der Waals surface area contributed by atoms with Gasteiger partial charge in [0, 0.05) is 12.5 Å². The van der Waals surface area contributed by atoms with E-state index in [1.807, 2.05) is 0 Å². The first-order valence-corrected chi connectivity index (χ1v) is 5.97. The number of esters is 1. The summed E-state index contributed by atoms with van der Waals surface area (Å²) in [6.07, 6.45) is 5.56. The van der Waals surface area contributed by atoms with Crippen molar-refractivity contribution in [1.82, 2.24) is 0 Å². The van der Waals surface area contributed by atoms with Crippen molar-refractivity contribution in [3.05, 3.63) is 36.5 Å². The highest BCUT2D eigenvalue weighted by atomic mass is 16.5. The van der Waals surface area contributed by atoms with Crippen LogP contribution in [0.4, 0.5) is 0 Å². The topological polar surface area (TPSA) is 101 Å². The van der Waals surface area contributed by atoms with Gasteiger partial charge in [0.1, 0.15) is 5.41 Å². The van der Waals surface area contributed by atoms with Crippen molar-refractivity contribution in [2.45, 2.75) is 13.3 Å². The molecule has 20 heavy (non-hydrogen) atoms. The summed E-state index contributed by atoms with van der Waals surface area (Å²) >= 11 is 0. The molecule has 2 atom stereocenters. The van der Waals surface area contributed by atoms with Crippen molar-refractivity contribution in [3.8, 4) is 0 Å². The molecule has 0 aromatic heterocycles. The van der Waals surface area contributed by atoms with Crippen LogP contribution in [0.25, 0.3) is 0 Å². The zero-order valence-electron chi connectivity index (χ0n) is 11.0. The van der Waals surface area contributed by atoms with Crippen LogP contribution in [0.5, 0.6) is 0 Å². The van der Waals surface area contributed by atoms with Crippen molar-refractivity contribution >= 4 is 17.9 Å². The van der Waals surface area contributed by atoms with E-state index in [0.717, 1.165) is 6.08 Å². The lowest BCUT2D eigenvalue weighted by Crippen LogP contribution is -2.42. The summed E-state index contributed by atoms with van der Waals surface area (Å²) < 4.78 is 4.80. The molecule has 1 aliphatic carbocycles. The number of carbonyl (C=O) groups is 3. The van der Waals surface area contributed by atoms with E-state index < -0.39 is 29.2 Å². The Hall–Kier alpha value is -2.37. The lowest BCUT2D eigenvalue weighted by molar-refractivity contribution is -0.156. The summed E-state index contributed by atoms with van der Waals surface area (Å²) in [4.78, 5) is 33.6. The maximum Gasteiger partial charge on any atom is 0.330 e. The molecule has 0 heterocycles. The van der Waals surface area contributed by atoms with Gasteiger partial charge >= 0.3 is 17.9 Å². The Labute approximate surface area is 116 Å². The predicted octanol–water partition coefficient (Wildman–Crippen LogP) is 1.39. The van der Waals surface area contributed by atoms with Crippen LogP contribution >= 0.6 is 0 Å². The average molecular weight is 280 g/mol. The molecular weight excluding hydrogens is 264 g/mol. The molecule has 0 fully saturated rings. The number of carboxylic acids is 2. The van der Waals surface area contributed by atoms with Gasteiger partial charge in [-0.2, -0.15) is 0 Å². The van der Waals surface area contributed by atoms with Crippen molar-refractivity contribution in [2.75, 3.05) is 6.61 Å². The molecular formula is C14H16O6. The van der Waals surface area contributed by atoms with Crippen LogP contribution in [0.15, 0.2) is 36.5 Å². The van der Waals surface area contributed by atoms with Crippen LogP contribution in [0.2, 0.25) is 0 Å². The first kappa shape index (κ1) is 15.7. The van der Waals surface area contributed by atoms with E-state index in [9.17, 15) is 19.5 Å². The summed E-state index contributed by atoms with van der Waals surface area (Å²) in [6, 6.07) is 0. The van der Waals surface area contributed by atoms with Crippen LogP contribution in [0, 0.1) is 11.3 Å². The van der Waals surface area contributed by atoms with Gasteiger partial charge in [0.15, 0.2) is 0 Å². The second-order valence-corrected chi connectivity index (χ2v) is 4.52. The number of hydrogen-bond acceptors (Lipinski definition) is 4. The summed E-state index contributed by atoms with van der Waals surface area (Å²) in [5.74, 6) is -4.20. The van der Waals surface area contributed by atoms with Crippen molar-refractivity contribution < 1.29 is 29.3 Å². The second-order valence-electron chi connectivity index (χ2n) is 4.52. The molecule has 0 bridgehead atoms. The Morgan fingerprint density at radius 2 is 2.10 bits per heavy atom. The fraction of sp³-hybridized carbons (Fsp3) is 0.357. The van der Waals surface area contributed by atoms with Gasteiger partial charge in [-0.1, -0.05) is 24.8 Å². The highest BCUT2D eigenvalue weighted by molar-refractivity contribution is 5.88. The van der Waals surface area contributed by atoms with Gasteiger partial charge in [-0.25, -0.2) is 4.79 Å². The largest absolute Gasteiger partial charge is 0.481 e. The zero-order valence-corrected chi connectivity index (χ0v) is 11.0. The van der Waals surface area contributed by atoms with Gasteiger partial charge in [0.05, 0.1) is 12.5 Å². The fourth-order valence-electron chi connectivity index (χ4n) is 2.11. The Morgan fingerprint density at radius 3 is 2.60 bits per heavy atom. The number of hydrogen-bond donors (Lipinski definition) is 2. The van der Waals surface area contributed by atoms with Gasteiger partial charge in [-0.15, -0.1) is 0 Å². The van der Waals surface area contributed by atoms with Gasteiger partial charge < -0.3 is 14.9 Å². The first-order chi connectivity index (χ1) is 9.33. The van der Waals surface area contributed by atoms with Crippen molar-refractivity contribution in [2.24, 2.45) is 11.3 Å². The summed E-state index contributed by atoms with van der Waals surface area (Å²) in [5.41, 5.74) is -1.15. The van der Waals surface area contributed by atoms with E-state index in [1.165, 1.54) is 19.1 Å². The van der Waals surface area contributed by atoms with Crippen LogP contribution in [-0.2, 0) is 19.1 Å². The lowest BCUT2D eigenvalue weighted by Gasteiger charge is -2.34. The van der Waals surface area contributed by atoms with Gasteiger partial charge in [-0.3, -0.25) is 9.59 Å². The molecule has 0 saturated carbocycles.